The van der Waals surface area contributed by atoms with Gasteiger partial charge >= 0.3 is 5.97 Å². The first-order chi connectivity index (χ1) is 16.7. The summed E-state index contributed by atoms with van der Waals surface area (Å²) in [5.41, 5.74) is 2.58. The topological polar surface area (TPSA) is 82.9 Å². The highest BCUT2D eigenvalue weighted by Crippen LogP contribution is 2.54. The largest absolute Gasteiger partial charge is 0.496 e. The van der Waals surface area contributed by atoms with E-state index in [9.17, 15) is 18.4 Å². The van der Waals surface area contributed by atoms with Gasteiger partial charge in [-0.05, 0) is 30.2 Å². The summed E-state index contributed by atoms with van der Waals surface area (Å²) >= 11 is 0. The first-order valence-electron chi connectivity index (χ1n) is 11.0. The molecule has 1 fully saturated rings. The molecule has 0 saturated heterocycles. The fourth-order valence-corrected chi connectivity index (χ4v) is 4.55. The number of aromatic nitrogens is 2. The van der Waals surface area contributed by atoms with Gasteiger partial charge < -0.3 is 19.1 Å². The molecule has 0 unspecified atom stereocenters. The standard InChI is InChI=1S/C25H23F2N3O5/c1-29(2)24(31)22-19-11-35-21-10-20(33-3)16(15-8-17(15)25(32)34-4)9-18(21)23(19)30(28-22)14-6-12(26)5-13(27)7-14/h5-7,9-10,15,17H,8,11H2,1-4H3/t15-,17+/m1/s1. The van der Waals surface area contributed by atoms with E-state index < -0.39 is 11.6 Å². The van der Waals surface area contributed by atoms with Crippen molar-refractivity contribution in [1.29, 1.82) is 0 Å². The number of fused-ring (bicyclic) bond motifs is 3. The van der Waals surface area contributed by atoms with Crippen molar-refractivity contribution < 1.29 is 32.6 Å². The Morgan fingerprint density at radius 3 is 2.46 bits per heavy atom. The third kappa shape index (κ3) is 3.78. The molecule has 5 rings (SSSR count). The molecule has 3 aromatic rings. The van der Waals surface area contributed by atoms with Crippen LogP contribution < -0.4 is 9.47 Å². The summed E-state index contributed by atoms with van der Waals surface area (Å²) in [6.45, 7) is 0.0335. The third-order valence-corrected chi connectivity index (χ3v) is 6.34. The van der Waals surface area contributed by atoms with Crippen LogP contribution in [0.2, 0.25) is 0 Å². The molecule has 2 aliphatic rings. The van der Waals surface area contributed by atoms with E-state index in [1.54, 1.807) is 20.2 Å². The van der Waals surface area contributed by atoms with E-state index in [0.717, 1.165) is 23.8 Å². The minimum Gasteiger partial charge on any atom is -0.496 e. The number of amides is 1. The summed E-state index contributed by atoms with van der Waals surface area (Å²) in [5, 5.41) is 4.46. The molecular formula is C25H23F2N3O5. The van der Waals surface area contributed by atoms with Crippen molar-refractivity contribution in [3.63, 3.8) is 0 Å². The minimum atomic E-state index is -0.772. The quantitative estimate of drug-likeness (QED) is 0.515. The zero-order valence-electron chi connectivity index (χ0n) is 19.6. The number of carbonyl (C=O) groups excluding carboxylic acids is 2. The number of ether oxygens (including phenoxy) is 3. The Morgan fingerprint density at radius 2 is 1.83 bits per heavy atom. The molecule has 1 saturated carbocycles. The van der Waals surface area contributed by atoms with E-state index in [0.29, 0.717) is 34.7 Å². The van der Waals surface area contributed by atoms with Crippen LogP contribution in [0.15, 0.2) is 30.3 Å². The molecule has 35 heavy (non-hydrogen) atoms. The maximum absolute atomic E-state index is 14.1. The fraction of sp³-hybridized carbons (Fsp3) is 0.320. The average molecular weight is 483 g/mol. The predicted octanol–water partition coefficient (Wildman–Crippen LogP) is 3.70. The number of carbonyl (C=O) groups is 2. The molecule has 2 heterocycles. The van der Waals surface area contributed by atoms with Gasteiger partial charge in [0.25, 0.3) is 5.91 Å². The second-order valence-corrected chi connectivity index (χ2v) is 8.77. The number of nitrogens with zero attached hydrogens (tertiary/aromatic N) is 3. The Hall–Kier alpha value is -3.95. The fourth-order valence-electron chi connectivity index (χ4n) is 4.55. The summed E-state index contributed by atoms with van der Waals surface area (Å²) in [5.74, 6) is -1.59. The lowest BCUT2D eigenvalue weighted by molar-refractivity contribution is -0.142. The Kier molecular flexibility index (Phi) is 5.46. The molecule has 10 heteroatoms. The molecule has 1 aliphatic carbocycles. The van der Waals surface area contributed by atoms with Crippen molar-refractivity contribution in [2.75, 3.05) is 28.3 Å². The number of hydrogen-bond acceptors (Lipinski definition) is 6. The van der Waals surface area contributed by atoms with E-state index in [1.807, 2.05) is 6.07 Å². The van der Waals surface area contributed by atoms with Gasteiger partial charge in [0, 0.05) is 43.3 Å². The van der Waals surface area contributed by atoms with Gasteiger partial charge in [-0.15, -0.1) is 0 Å². The van der Waals surface area contributed by atoms with Crippen molar-refractivity contribution in [3.05, 3.63) is 58.8 Å². The lowest BCUT2D eigenvalue weighted by Gasteiger charge is -2.22. The second-order valence-electron chi connectivity index (χ2n) is 8.77. The highest BCUT2D eigenvalue weighted by atomic mass is 19.1. The minimum absolute atomic E-state index is 0.0335. The predicted molar refractivity (Wildman–Crippen MR) is 121 cm³/mol. The summed E-state index contributed by atoms with van der Waals surface area (Å²) < 4.78 is 46.0. The number of esters is 1. The van der Waals surface area contributed by atoms with E-state index in [4.69, 9.17) is 14.2 Å². The van der Waals surface area contributed by atoms with E-state index in [2.05, 4.69) is 5.10 Å². The van der Waals surface area contributed by atoms with Crippen molar-refractivity contribution in [3.8, 4) is 28.4 Å². The Morgan fingerprint density at radius 1 is 1.11 bits per heavy atom. The summed E-state index contributed by atoms with van der Waals surface area (Å²) in [6.07, 6.45) is 0.605. The maximum Gasteiger partial charge on any atom is 0.309 e. The van der Waals surface area contributed by atoms with E-state index in [-0.39, 0.29) is 41.7 Å². The van der Waals surface area contributed by atoms with Crippen LogP contribution >= 0.6 is 0 Å². The van der Waals surface area contributed by atoms with Crippen LogP contribution in [0.1, 0.15) is 34.0 Å². The van der Waals surface area contributed by atoms with Crippen LogP contribution in [0.3, 0.4) is 0 Å². The molecule has 0 radical (unpaired) electrons. The molecular weight excluding hydrogens is 460 g/mol. The van der Waals surface area contributed by atoms with Gasteiger partial charge in [0.05, 0.1) is 31.5 Å². The number of halogens is 2. The van der Waals surface area contributed by atoms with Crippen molar-refractivity contribution in [2.45, 2.75) is 18.9 Å². The van der Waals surface area contributed by atoms with Crippen molar-refractivity contribution in [2.24, 2.45) is 5.92 Å². The Balaban J connectivity index is 1.73. The molecule has 0 N–H and O–H groups in total. The van der Waals surface area contributed by atoms with Crippen LogP contribution in [0.25, 0.3) is 16.9 Å². The third-order valence-electron chi connectivity index (χ3n) is 6.34. The normalized spacial score (nSPS) is 17.7. The van der Waals surface area contributed by atoms with Crippen LogP contribution in [0, 0.1) is 17.6 Å². The van der Waals surface area contributed by atoms with Gasteiger partial charge in [0.1, 0.15) is 29.7 Å². The van der Waals surface area contributed by atoms with Gasteiger partial charge in [0.2, 0.25) is 0 Å². The van der Waals surface area contributed by atoms with Gasteiger partial charge in [-0.25, -0.2) is 13.5 Å². The first-order valence-corrected chi connectivity index (χ1v) is 11.0. The molecule has 0 bridgehead atoms. The second kappa shape index (κ2) is 8.37. The number of hydrogen-bond donors (Lipinski definition) is 0. The van der Waals surface area contributed by atoms with Crippen molar-refractivity contribution >= 4 is 11.9 Å². The lowest BCUT2D eigenvalue weighted by Crippen LogP contribution is -2.24. The van der Waals surface area contributed by atoms with Gasteiger partial charge in [-0.3, -0.25) is 9.59 Å². The van der Waals surface area contributed by atoms with Crippen LogP contribution in [0.4, 0.5) is 8.78 Å². The van der Waals surface area contributed by atoms with Crippen LogP contribution in [-0.2, 0) is 16.1 Å². The number of benzene rings is 2. The summed E-state index contributed by atoms with van der Waals surface area (Å²) in [7, 11) is 6.07. The molecule has 0 spiro atoms. The Labute approximate surface area is 200 Å². The highest BCUT2D eigenvalue weighted by Gasteiger charge is 2.47. The zero-order valence-corrected chi connectivity index (χ0v) is 19.6. The molecule has 1 aliphatic heterocycles. The Bertz CT molecular complexity index is 1350. The van der Waals surface area contributed by atoms with E-state index in [1.165, 1.54) is 23.8 Å². The average Bonchev–Trinajstić information content (AvgIpc) is 3.53. The SMILES string of the molecule is COC(=O)[C@H]1C[C@@H]1c1cc2c(cc1OC)OCc1c(C(=O)N(C)C)nn(-c3cc(F)cc(F)c3)c1-2. The summed E-state index contributed by atoms with van der Waals surface area (Å²) in [4.78, 5) is 26.4. The first kappa shape index (κ1) is 22.8. The van der Waals surface area contributed by atoms with E-state index >= 15 is 0 Å². The smallest absolute Gasteiger partial charge is 0.309 e. The van der Waals surface area contributed by atoms with Gasteiger partial charge in [-0.1, -0.05) is 0 Å². The molecule has 182 valence electrons. The molecule has 2 aromatic carbocycles. The molecule has 8 nitrogen and oxygen atoms in total. The molecule has 2 atom stereocenters. The van der Waals surface area contributed by atoms with Crippen LogP contribution in [0.5, 0.6) is 11.5 Å². The number of methoxy groups -OCH3 is 2. The lowest BCUT2D eigenvalue weighted by atomic mass is 9.96. The van der Waals surface area contributed by atoms with Crippen molar-refractivity contribution in [1.82, 2.24) is 14.7 Å². The molecule has 1 aromatic heterocycles. The monoisotopic (exact) mass is 483 g/mol. The van der Waals surface area contributed by atoms with Gasteiger partial charge in [-0.2, -0.15) is 5.10 Å². The maximum atomic E-state index is 14.1. The highest BCUT2D eigenvalue weighted by molar-refractivity contribution is 5.96. The molecule has 1 amide bonds. The zero-order chi connectivity index (χ0) is 25.0. The van der Waals surface area contributed by atoms with Gasteiger partial charge in [0.15, 0.2) is 5.69 Å². The van der Waals surface area contributed by atoms with Crippen LogP contribution in [-0.4, -0.2) is 54.9 Å². The number of rotatable bonds is 5. The summed E-state index contributed by atoms with van der Waals surface area (Å²) in [6, 6.07) is 6.61.